The summed E-state index contributed by atoms with van der Waals surface area (Å²) in [6.07, 6.45) is 2.23. The second-order valence-corrected chi connectivity index (χ2v) is 14.3. The van der Waals surface area contributed by atoms with E-state index in [4.69, 9.17) is 4.74 Å². The fraction of sp³-hybridized carbons (Fsp3) is 0.562. The Balaban J connectivity index is 1.84. The zero-order valence-electron chi connectivity index (χ0n) is 26.6. The highest BCUT2D eigenvalue weighted by Crippen LogP contribution is 2.38. The van der Waals surface area contributed by atoms with E-state index in [9.17, 15) is 18.0 Å². The van der Waals surface area contributed by atoms with Gasteiger partial charge >= 0.3 is 10.2 Å². The van der Waals surface area contributed by atoms with Gasteiger partial charge in [-0.3, -0.25) is 13.9 Å². The highest BCUT2D eigenvalue weighted by atomic mass is 32.2. The van der Waals surface area contributed by atoms with E-state index in [-0.39, 0.29) is 23.4 Å². The number of carbonyl (C=O) groups is 2. The van der Waals surface area contributed by atoms with Gasteiger partial charge in [0.15, 0.2) is 0 Å². The van der Waals surface area contributed by atoms with E-state index in [1.807, 2.05) is 51.1 Å². The number of nitrogens with one attached hydrogen (secondary N) is 3. The molecule has 10 nitrogen and oxygen atoms in total. The minimum atomic E-state index is -3.79. The van der Waals surface area contributed by atoms with Crippen LogP contribution in [0.2, 0.25) is 0 Å². The monoisotopic (exact) mass is 615 g/mol. The third kappa shape index (κ3) is 10.2. The van der Waals surface area contributed by atoms with Crippen molar-refractivity contribution in [2.45, 2.75) is 59.0 Å². The molecule has 0 radical (unpaired) electrons. The Morgan fingerprint density at radius 3 is 2.30 bits per heavy atom. The van der Waals surface area contributed by atoms with Gasteiger partial charge in [0.05, 0.1) is 18.3 Å². The molecule has 43 heavy (non-hydrogen) atoms. The quantitative estimate of drug-likeness (QED) is 0.251. The largest absolute Gasteiger partial charge is 0.493 e. The average Bonchev–Trinajstić information content (AvgIpc) is 3.69. The third-order valence-electron chi connectivity index (χ3n) is 7.74. The van der Waals surface area contributed by atoms with Gasteiger partial charge in [-0.2, -0.15) is 12.7 Å². The standard InChI is InChI=1S/C32H49N5O5S/c1-8-30(32(39)34-19-22(2)3)33-20-27(15-24-12-10-9-11-13-24)35-31(38)25-16-28(37(7)43(40,41)36(5)6)18-29(17-25)42-21-26-14-23(26)4/h9-13,16-18,22-23,26-27,30,33H,8,14-15,19-21H2,1-7H3,(H,34,39)(H,35,38)/t23?,26?,27-,30-/m0/s1. The van der Waals surface area contributed by atoms with Crippen LogP contribution >= 0.6 is 0 Å². The molecule has 1 aliphatic rings. The van der Waals surface area contributed by atoms with Gasteiger partial charge in [-0.1, -0.05) is 58.0 Å². The highest BCUT2D eigenvalue weighted by Gasteiger charge is 2.33. The molecule has 1 fully saturated rings. The van der Waals surface area contributed by atoms with Crippen LogP contribution < -0.4 is 25.0 Å². The molecule has 2 unspecified atom stereocenters. The van der Waals surface area contributed by atoms with Crippen LogP contribution in [0.5, 0.6) is 5.75 Å². The molecule has 0 aliphatic heterocycles. The van der Waals surface area contributed by atoms with Gasteiger partial charge < -0.3 is 20.7 Å². The first-order valence-electron chi connectivity index (χ1n) is 15.1. The Kier molecular flexibility index (Phi) is 12.4. The van der Waals surface area contributed by atoms with Gasteiger partial charge in [0.1, 0.15) is 5.75 Å². The number of hydrogen-bond acceptors (Lipinski definition) is 6. The first kappa shape index (κ1) is 34.3. The van der Waals surface area contributed by atoms with Crippen LogP contribution in [-0.4, -0.2) is 77.5 Å². The minimum Gasteiger partial charge on any atom is -0.493 e. The van der Waals surface area contributed by atoms with Gasteiger partial charge in [-0.05, 0) is 54.7 Å². The Morgan fingerprint density at radius 2 is 1.72 bits per heavy atom. The maximum absolute atomic E-state index is 13.7. The molecule has 3 rings (SSSR count). The summed E-state index contributed by atoms with van der Waals surface area (Å²) in [5.41, 5.74) is 1.66. The first-order valence-corrected chi connectivity index (χ1v) is 16.5. The molecule has 2 amide bonds. The molecule has 1 aliphatic carbocycles. The number of rotatable bonds is 17. The Bertz CT molecular complexity index is 1320. The topological polar surface area (TPSA) is 120 Å². The fourth-order valence-electron chi connectivity index (χ4n) is 4.67. The van der Waals surface area contributed by atoms with E-state index >= 15 is 0 Å². The van der Waals surface area contributed by atoms with Crippen LogP contribution in [0.3, 0.4) is 0 Å². The van der Waals surface area contributed by atoms with E-state index in [0.29, 0.717) is 61.7 Å². The van der Waals surface area contributed by atoms with Crippen molar-refractivity contribution in [3.05, 3.63) is 59.7 Å². The van der Waals surface area contributed by atoms with Crippen LogP contribution in [0, 0.1) is 17.8 Å². The van der Waals surface area contributed by atoms with E-state index in [1.54, 1.807) is 18.2 Å². The second-order valence-electron chi connectivity index (χ2n) is 12.1. The number of nitrogens with zero attached hydrogens (tertiary/aromatic N) is 2. The van der Waals surface area contributed by atoms with Crippen molar-refractivity contribution in [3.8, 4) is 5.75 Å². The number of benzene rings is 2. The van der Waals surface area contributed by atoms with Crippen LogP contribution in [0.25, 0.3) is 0 Å². The molecular formula is C32H49N5O5S. The summed E-state index contributed by atoms with van der Waals surface area (Å²) in [7, 11) is 0.587. The maximum atomic E-state index is 13.7. The molecule has 0 heterocycles. The molecule has 2 aromatic carbocycles. The van der Waals surface area contributed by atoms with E-state index in [0.717, 1.165) is 20.6 Å². The molecule has 238 valence electrons. The fourth-order valence-corrected chi connectivity index (χ4v) is 5.53. The Labute approximate surface area is 257 Å². The van der Waals surface area contributed by atoms with E-state index < -0.39 is 16.3 Å². The number of amides is 2. The zero-order chi connectivity index (χ0) is 31.7. The molecule has 1 saturated carbocycles. The van der Waals surface area contributed by atoms with Crippen LogP contribution in [0.15, 0.2) is 48.5 Å². The van der Waals surface area contributed by atoms with Gasteiger partial charge in [0.2, 0.25) is 5.91 Å². The summed E-state index contributed by atoms with van der Waals surface area (Å²) in [4.78, 5) is 26.5. The highest BCUT2D eigenvalue weighted by molar-refractivity contribution is 7.90. The van der Waals surface area contributed by atoms with Crippen LogP contribution in [0.1, 0.15) is 56.5 Å². The summed E-state index contributed by atoms with van der Waals surface area (Å²) >= 11 is 0. The van der Waals surface area contributed by atoms with Crippen molar-refractivity contribution in [2.24, 2.45) is 17.8 Å². The smallest absolute Gasteiger partial charge is 0.303 e. The lowest BCUT2D eigenvalue weighted by Crippen LogP contribution is -2.50. The molecule has 0 saturated heterocycles. The van der Waals surface area contributed by atoms with Crippen molar-refractivity contribution in [1.82, 2.24) is 20.3 Å². The van der Waals surface area contributed by atoms with Gasteiger partial charge in [0, 0.05) is 51.9 Å². The average molecular weight is 616 g/mol. The molecule has 11 heteroatoms. The van der Waals surface area contributed by atoms with Crippen LogP contribution in [-0.2, 0) is 21.4 Å². The number of hydrogen-bond donors (Lipinski definition) is 3. The minimum absolute atomic E-state index is 0.0643. The molecule has 0 bridgehead atoms. The molecule has 4 atom stereocenters. The lowest BCUT2D eigenvalue weighted by atomic mass is 10.0. The number of carbonyl (C=O) groups excluding carboxylic acids is 2. The van der Waals surface area contributed by atoms with Gasteiger partial charge in [-0.15, -0.1) is 0 Å². The molecule has 0 spiro atoms. The number of ether oxygens (including phenoxy) is 1. The van der Waals surface area contributed by atoms with Crippen molar-refractivity contribution >= 4 is 27.7 Å². The van der Waals surface area contributed by atoms with Gasteiger partial charge in [-0.25, -0.2) is 0 Å². The predicted molar refractivity (Wildman–Crippen MR) is 172 cm³/mol. The summed E-state index contributed by atoms with van der Waals surface area (Å²) < 4.78 is 34.1. The summed E-state index contributed by atoms with van der Waals surface area (Å²) in [5, 5.41) is 9.45. The summed E-state index contributed by atoms with van der Waals surface area (Å²) in [6, 6.07) is 14.0. The SMILES string of the molecule is CC[C@H](NC[C@H](Cc1ccccc1)NC(=O)c1cc(OCC2CC2C)cc(N(C)S(=O)(=O)N(C)C)c1)C(=O)NCC(C)C. The number of anilines is 1. The molecule has 2 aromatic rings. The van der Waals surface area contributed by atoms with Crippen molar-refractivity contribution in [3.63, 3.8) is 0 Å². The molecular weight excluding hydrogens is 566 g/mol. The molecule has 3 N–H and O–H groups in total. The summed E-state index contributed by atoms with van der Waals surface area (Å²) in [6.45, 7) is 9.68. The second kappa shape index (κ2) is 15.5. The third-order valence-corrected chi connectivity index (χ3v) is 9.57. The zero-order valence-corrected chi connectivity index (χ0v) is 27.4. The maximum Gasteiger partial charge on any atom is 0.303 e. The van der Waals surface area contributed by atoms with Crippen molar-refractivity contribution in [1.29, 1.82) is 0 Å². The normalized spacial score (nSPS) is 17.8. The van der Waals surface area contributed by atoms with E-state index in [2.05, 4.69) is 22.9 Å². The van der Waals surface area contributed by atoms with Crippen LogP contribution in [0.4, 0.5) is 5.69 Å². The predicted octanol–water partition coefficient (Wildman–Crippen LogP) is 3.45. The summed E-state index contributed by atoms with van der Waals surface area (Å²) in [5.74, 6) is 1.40. The van der Waals surface area contributed by atoms with Crippen molar-refractivity contribution < 1.29 is 22.7 Å². The lowest BCUT2D eigenvalue weighted by molar-refractivity contribution is -0.123. The van der Waals surface area contributed by atoms with Gasteiger partial charge in [0.25, 0.3) is 5.91 Å². The first-order chi connectivity index (χ1) is 20.3. The Morgan fingerprint density at radius 1 is 1.05 bits per heavy atom. The lowest BCUT2D eigenvalue weighted by Gasteiger charge is -2.25. The van der Waals surface area contributed by atoms with Crippen molar-refractivity contribution in [2.75, 3.05) is 45.1 Å². The Hall–Kier alpha value is -3.15. The van der Waals surface area contributed by atoms with E-state index in [1.165, 1.54) is 21.1 Å². The molecule has 0 aromatic heterocycles.